The molecule has 0 bridgehead atoms. The van der Waals surface area contributed by atoms with Gasteiger partial charge in [-0.2, -0.15) is 0 Å². The predicted octanol–water partition coefficient (Wildman–Crippen LogP) is 1.26. The minimum atomic E-state index is -0.479. The van der Waals surface area contributed by atoms with Gasteiger partial charge in [-0.3, -0.25) is 9.59 Å². The maximum absolute atomic E-state index is 12.4. The fraction of sp³-hybridized carbons (Fsp3) is 0.562. The Morgan fingerprint density at radius 1 is 1.27 bits per heavy atom. The number of amides is 2. The molecule has 120 valence electrons. The molecule has 0 saturated carbocycles. The van der Waals surface area contributed by atoms with Crippen LogP contribution in [0.25, 0.3) is 0 Å². The van der Waals surface area contributed by atoms with Crippen LogP contribution in [-0.4, -0.2) is 47.4 Å². The van der Waals surface area contributed by atoms with Crippen LogP contribution in [0.5, 0.6) is 0 Å². The molecule has 1 atom stereocenters. The SMILES string of the molecule is C[C@@H]1CN(C(=O)C(C)(C)C)CCN1c1ccc(C(N)=O)cn1. The number of anilines is 1. The standard InChI is InChI=1S/C16H24N4O2/c1-11-10-19(15(22)16(2,3)4)7-8-20(11)13-6-5-12(9-18-13)14(17)21/h5-6,9,11H,7-8,10H2,1-4H3,(H2,17,21)/t11-/m1/s1. The van der Waals surface area contributed by atoms with E-state index in [9.17, 15) is 9.59 Å². The van der Waals surface area contributed by atoms with E-state index in [4.69, 9.17) is 5.73 Å². The molecule has 2 heterocycles. The van der Waals surface area contributed by atoms with Crippen molar-refractivity contribution in [3.63, 3.8) is 0 Å². The maximum Gasteiger partial charge on any atom is 0.250 e. The average Bonchev–Trinajstić information content (AvgIpc) is 2.45. The van der Waals surface area contributed by atoms with Crippen LogP contribution < -0.4 is 10.6 Å². The molecule has 6 nitrogen and oxygen atoms in total. The molecule has 1 aliphatic heterocycles. The van der Waals surface area contributed by atoms with Gasteiger partial charge in [0.25, 0.3) is 0 Å². The molecule has 6 heteroatoms. The number of primary amides is 1. The lowest BCUT2D eigenvalue weighted by Gasteiger charge is -2.42. The topological polar surface area (TPSA) is 79.5 Å². The molecular formula is C16H24N4O2. The number of aromatic nitrogens is 1. The van der Waals surface area contributed by atoms with E-state index in [0.29, 0.717) is 18.7 Å². The summed E-state index contributed by atoms with van der Waals surface area (Å²) in [5, 5.41) is 0. The number of hydrogen-bond acceptors (Lipinski definition) is 4. The van der Waals surface area contributed by atoms with Crippen molar-refractivity contribution in [3.05, 3.63) is 23.9 Å². The lowest BCUT2D eigenvalue weighted by molar-refractivity contribution is -0.140. The number of carbonyl (C=O) groups excluding carboxylic acids is 2. The Morgan fingerprint density at radius 2 is 1.95 bits per heavy atom. The summed E-state index contributed by atoms with van der Waals surface area (Å²) in [7, 11) is 0. The van der Waals surface area contributed by atoms with Crippen molar-refractivity contribution in [2.45, 2.75) is 33.7 Å². The van der Waals surface area contributed by atoms with Gasteiger partial charge in [-0.1, -0.05) is 20.8 Å². The lowest BCUT2D eigenvalue weighted by Crippen LogP contribution is -2.56. The summed E-state index contributed by atoms with van der Waals surface area (Å²) in [6.07, 6.45) is 1.50. The van der Waals surface area contributed by atoms with Crippen molar-refractivity contribution in [2.24, 2.45) is 11.1 Å². The predicted molar refractivity (Wildman–Crippen MR) is 85.6 cm³/mol. The van der Waals surface area contributed by atoms with Crippen molar-refractivity contribution < 1.29 is 9.59 Å². The van der Waals surface area contributed by atoms with Crippen LogP contribution in [0.15, 0.2) is 18.3 Å². The van der Waals surface area contributed by atoms with E-state index in [1.807, 2.05) is 25.7 Å². The Kier molecular flexibility index (Phi) is 4.39. The van der Waals surface area contributed by atoms with Gasteiger partial charge in [0.2, 0.25) is 11.8 Å². The normalized spacial score (nSPS) is 19.2. The Labute approximate surface area is 131 Å². The van der Waals surface area contributed by atoms with Gasteiger partial charge >= 0.3 is 0 Å². The number of piperazine rings is 1. The van der Waals surface area contributed by atoms with E-state index >= 15 is 0 Å². The van der Waals surface area contributed by atoms with Gasteiger partial charge in [0.1, 0.15) is 5.82 Å². The molecule has 0 unspecified atom stereocenters. The zero-order chi connectivity index (χ0) is 16.5. The molecule has 22 heavy (non-hydrogen) atoms. The molecule has 0 spiro atoms. The van der Waals surface area contributed by atoms with Gasteiger partial charge in [-0.25, -0.2) is 4.98 Å². The van der Waals surface area contributed by atoms with E-state index in [-0.39, 0.29) is 17.4 Å². The minimum absolute atomic E-state index is 0.173. The van der Waals surface area contributed by atoms with Crippen molar-refractivity contribution in [3.8, 4) is 0 Å². The number of carbonyl (C=O) groups is 2. The van der Waals surface area contributed by atoms with Crippen LogP contribution in [0.3, 0.4) is 0 Å². The summed E-state index contributed by atoms with van der Waals surface area (Å²) in [5.74, 6) is 0.504. The van der Waals surface area contributed by atoms with E-state index in [0.717, 1.165) is 12.4 Å². The lowest BCUT2D eigenvalue weighted by atomic mass is 9.94. The zero-order valence-electron chi connectivity index (χ0n) is 13.7. The first-order valence-corrected chi connectivity index (χ1v) is 7.52. The van der Waals surface area contributed by atoms with Gasteiger partial charge in [0.05, 0.1) is 5.56 Å². The van der Waals surface area contributed by atoms with Gasteiger partial charge in [-0.15, -0.1) is 0 Å². The van der Waals surface area contributed by atoms with Gasteiger partial charge in [-0.05, 0) is 19.1 Å². The van der Waals surface area contributed by atoms with Gasteiger partial charge in [0.15, 0.2) is 0 Å². The van der Waals surface area contributed by atoms with Crippen molar-refractivity contribution >= 4 is 17.6 Å². The Morgan fingerprint density at radius 3 is 2.41 bits per heavy atom. The Balaban J connectivity index is 2.07. The van der Waals surface area contributed by atoms with E-state index in [1.54, 1.807) is 12.1 Å². The zero-order valence-corrected chi connectivity index (χ0v) is 13.7. The average molecular weight is 304 g/mol. The summed E-state index contributed by atoms with van der Waals surface area (Å²) >= 11 is 0. The molecule has 1 aromatic heterocycles. The van der Waals surface area contributed by atoms with Crippen molar-refractivity contribution in [1.82, 2.24) is 9.88 Å². The van der Waals surface area contributed by atoms with Crippen LogP contribution in [0, 0.1) is 5.41 Å². The van der Waals surface area contributed by atoms with Gasteiger partial charge in [0, 0.05) is 37.3 Å². The highest BCUT2D eigenvalue weighted by Crippen LogP contribution is 2.23. The monoisotopic (exact) mass is 304 g/mol. The minimum Gasteiger partial charge on any atom is -0.366 e. The Bertz CT molecular complexity index is 563. The molecule has 0 radical (unpaired) electrons. The number of rotatable bonds is 2. The fourth-order valence-corrected chi connectivity index (χ4v) is 2.66. The summed E-state index contributed by atoms with van der Waals surface area (Å²) in [6.45, 7) is 9.98. The largest absolute Gasteiger partial charge is 0.366 e. The van der Waals surface area contributed by atoms with Gasteiger partial charge < -0.3 is 15.5 Å². The third-order valence-corrected chi connectivity index (χ3v) is 3.88. The highest BCUT2D eigenvalue weighted by molar-refractivity contribution is 5.92. The second-order valence-corrected chi connectivity index (χ2v) is 6.81. The first-order chi connectivity index (χ1) is 10.2. The smallest absolute Gasteiger partial charge is 0.250 e. The van der Waals surface area contributed by atoms with Crippen molar-refractivity contribution in [2.75, 3.05) is 24.5 Å². The second kappa shape index (κ2) is 5.94. The summed E-state index contributed by atoms with van der Waals surface area (Å²) in [5.41, 5.74) is 5.27. The molecule has 1 aromatic rings. The molecule has 0 aliphatic carbocycles. The van der Waals surface area contributed by atoms with Crippen LogP contribution in [-0.2, 0) is 4.79 Å². The summed E-state index contributed by atoms with van der Waals surface area (Å²) < 4.78 is 0. The van der Waals surface area contributed by atoms with E-state index in [1.165, 1.54) is 6.20 Å². The number of pyridine rings is 1. The molecule has 1 fully saturated rings. The van der Waals surface area contributed by atoms with E-state index < -0.39 is 5.91 Å². The fourth-order valence-electron chi connectivity index (χ4n) is 2.66. The third kappa shape index (κ3) is 3.37. The highest BCUT2D eigenvalue weighted by Gasteiger charge is 2.32. The number of nitrogens with two attached hydrogens (primary N) is 1. The van der Waals surface area contributed by atoms with Crippen LogP contribution in [0.4, 0.5) is 5.82 Å². The quantitative estimate of drug-likeness (QED) is 0.892. The van der Waals surface area contributed by atoms with Crippen LogP contribution >= 0.6 is 0 Å². The second-order valence-electron chi connectivity index (χ2n) is 6.81. The molecule has 2 amide bonds. The maximum atomic E-state index is 12.4. The number of hydrogen-bond donors (Lipinski definition) is 1. The Hall–Kier alpha value is -2.11. The third-order valence-electron chi connectivity index (χ3n) is 3.88. The van der Waals surface area contributed by atoms with E-state index in [2.05, 4.69) is 16.8 Å². The first kappa shape index (κ1) is 16.3. The molecule has 0 aromatic carbocycles. The summed E-state index contributed by atoms with van der Waals surface area (Å²) in [6, 6.07) is 3.66. The van der Waals surface area contributed by atoms with Crippen LogP contribution in [0.1, 0.15) is 38.1 Å². The summed E-state index contributed by atoms with van der Waals surface area (Å²) in [4.78, 5) is 31.8. The highest BCUT2D eigenvalue weighted by atomic mass is 16.2. The van der Waals surface area contributed by atoms with Crippen LogP contribution in [0.2, 0.25) is 0 Å². The molecular weight excluding hydrogens is 280 g/mol. The molecule has 1 saturated heterocycles. The van der Waals surface area contributed by atoms with Crippen molar-refractivity contribution in [1.29, 1.82) is 0 Å². The molecule has 2 N–H and O–H groups in total. The molecule has 1 aliphatic rings. The first-order valence-electron chi connectivity index (χ1n) is 7.52. The number of nitrogens with zero attached hydrogens (tertiary/aromatic N) is 3. The molecule has 2 rings (SSSR count).